The van der Waals surface area contributed by atoms with Gasteiger partial charge in [-0.3, -0.25) is 0 Å². The molecule has 4 rings (SSSR count). The summed E-state index contributed by atoms with van der Waals surface area (Å²) in [7, 11) is 0. The Morgan fingerprint density at radius 1 is 1.24 bits per heavy atom. The molecule has 6 nitrogen and oxygen atoms in total. The maximum absolute atomic E-state index is 12.1. The number of thiophene rings is 1. The summed E-state index contributed by atoms with van der Waals surface area (Å²) in [5, 5.41) is 7.28. The maximum atomic E-state index is 12.1. The molecule has 0 unspecified atom stereocenters. The Labute approximate surface area is 149 Å². The van der Waals surface area contributed by atoms with E-state index in [9.17, 15) is 9.59 Å². The molecule has 1 aromatic carbocycles. The van der Waals surface area contributed by atoms with Crippen LogP contribution in [0, 0.1) is 6.92 Å². The summed E-state index contributed by atoms with van der Waals surface area (Å²) in [6.07, 6.45) is 0. The molecule has 8 heteroatoms. The van der Waals surface area contributed by atoms with Gasteiger partial charge in [0, 0.05) is 16.5 Å². The average molecular weight is 375 g/mol. The van der Waals surface area contributed by atoms with Gasteiger partial charge in [-0.15, -0.1) is 16.4 Å². The zero-order valence-corrected chi connectivity index (χ0v) is 14.6. The molecule has 4 aromatic rings. The summed E-state index contributed by atoms with van der Waals surface area (Å²) in [4.78, 5) is 24.7. The highest BCUT2D eigenvalue weighted by Crippen LogP contribution is 2.26. The average Bonchev–Trinajstić information content (AvgIpc) is 3.20. The molecule has 3 aromatic heterocycles. The molecular formula is C17H11ClN2O4S. The van der Waals surface area contributed by atoms with Gasteiger partial charge >= 0.3 is 11.4 Å². The molecule has 0 spiro atoms. The second-order valence-corrected chi connectivity index (χ2v) is 6.85. The lowest BCUT2D eigenvalue weighted by molar-refractivity contribution is 0.494. The Kier molecular flexibility index (Phi) is 3.82. The number of benzene rings is 1. The van der Waals surface area contributed by atoms with Gasteiger partial charge in [0.1, 0.15) is 5.58 Å². The zero-order valence-electron chi connectivity index (χ0n) is 13.0. The van der Waals surface area contributed by atoms with E-state index in [1.165, 1.54) is 22.1 Å². The topological polar surface area (TPSA) is 78.2 Å². The van der Waals surface area contributed by atoms with Crippen molar-refractivity contribution in [2.24, 2.45) is 0 Å². The number of halogens is 1. The number of hydrogen-bond donors (Lipinski definition) is 0. The lowest BCUT2D eigenvalue weighted by Gasteiger charge is -2.06. The van der Waals surface area contributed by atoms with Crippen LogP contribution in [0.15, 0.2) is 54.1 Å². The quantitative estimate of drug-likeness (QED) is 0.511. The molecular weight excluding hydrogens is 364 g/mol. The van der Waals surface area contributed by atoms with E-state index in [1.54, 1.807) is 12.1 Å². The minimum atomic E-state index is -0.594. The lowest BCUT2D eigenvalue weighted by atomic mass is 10.1. The van der Waals surface area contributed by atoms with Crippen LogP contribution in [0.1, 0.15) is 11.1 Å². The monoisotopic (exact) mass is 374 g/mol. The SMILES string of the molecule is Cc1cc2oc(=O)cc(Cn3nc(-c4cccs4)oc3=O)c2cc1Cl. The predicted molar refractivity (Wildman–Crippen MR) is 95.4 cm³/mol. The molecule has 0 N–H and O–H groups in total. The molecule has 126 valence electrons. The highest BCUT2D eigenvalue weighted by molar-refractivity contribution is 7.13. The van der Waals surface area contributed by atoms with Crippen molar-refractivity contribution < 1.29 is 8.83 Å². The van der Waals surface area contributed by atoms with Crippen molar-refractivity contribution in [1.82, 2.24) is 9.78 Å². The summed E-state index contributed by atoms with van der Waals surface area (Å²) in [5.41, 5.74) is 1.30. The van der Waals surface area contributed by atoms with Crippen molar-refractivity contribution in [1.29, 1.82) is 0 Å². The van der Waals surface area contributed by atoms with Crippen LogP contribution >= 0.6 is 22.9 Å². The van der Waals surface area contributed by atoms with Gasteiger partial charge in [-0.25, -0.2) is 9.59 Å². The fourth-order valence-electron chi connectivity index (χ4n) is 2.55. The second-order valence-electron chi connectivity index (χ2n) is 5.50. The number of fused-ring (bicyclic) bond motifs is 1. The smallest absolute Gasteiger partial charge is 0.423 e. The van der Waals surface area contributed by atoms with Gasteiger partial charge < -0.3 is 8.83 Å². The van der Waals surface area contributed by atoms with Crippen LogP contribution < -0.4 is 11.4 Å². The molecule has 0 bridgehead atoms. The first-order chi connectivity index (χ1) is 12.0. The summed E-state index contributed by atoms with van der Waals surface area (Å²) in [5.74, 6) is -0.343. The van der Waals surface area contributed by atoms with Crippen molar-refractivity contribution in [2.75, 3.05) is 0 Å². The molecule has 0 fully saturated rings. The van der Waals surface area contributed by atoms with Gasteiger partial charge in [-0.1, -0.05) is 17.7 Å². The minimum Gasteiger partial charge on any atom is -0.423 e. The Morgan fingerprint density at radius 2 is 2.08 bits per heavy atom. The third-order valence-electron chi connectivity index (χ3n) is 3.77. The third-order valence-corrected chi connectivity index (χ3v) is 5.03. The number of aromatic nitrogens is 2. The van der Waals surface area contributed by atoms with Gasteiger partial charge in [-0.2, -0.15) is 4.68 Å². The van der Waals surface area contributed by atoms with Crippen LogP contribution in [0.25, 0.3) is 21.7 Å². The highest BCUT2D eigenvalue weighted by atomic mass is 35.5. The molecule has 0 aliphatic carbocycles. The Hall–Kier alpha value is -2.64. The Balaban J connectivity index is 1.82. The van der Waals surface area contributed by atoms with E-state index >= 15 is 0 Å². The van der Waals surface area contributed by atoms with Crippen molar-refractivity contribution in [3.05, 3.63) is 72.8 Å². The standard InChI is InChI=1S/C17H11ClN2O4S/c1-9-5-13-11(7-12(9)18)10(6-15(21)23-13)8-20-17(22)24-16(19-20)14-3-2-4-25-14/h2-7H,8H2,1H3. The predicted octanol–water partition coefficient (Wildman–Crippen LogP) is 3.68. The Bertz CT molecular complexity index is 1190. The van der Waals surface area contributed by atoms with Crippen molar-refractivity contribution in [3.63, 3.8) is 0 Å². The molecule has 0 atom stereocenters. The van der Waals surface area contributed by atoms with Crippen LogP contribution in [-0.2, 0) is 6.54 Å². The summed E-state index contributed by atoms with van der Waals surface area (Å²) in [6.45, 7) is 1.90. The fraction of sp³-hybridized carbons (Fsp3) is 0.118. The van der Waals surface area contributed by atoms with Crippen LogP contribution in [0.4, 0.5) is 0 Å². The van der Waals surface area contributed by atoms with Crippen LogP contribution in [0.3, 0.4) is 0 Å². The van der Waals surface area contributed by atoms with E-state index in [-0.39, 0.29) is 12.4 Å². The van der Waals surface area contributed by atoms with E-state index in [2.05, 4.69) is 5.10 Å². The molecule has 0 amide bonds. The maximum Gasteiger partial charge on any atom is 0.437 e. The summed E-state index contributed by atoms with van der Waals surface area (Å²) in [6, 6.07) is 8.41. The van der Waals surface area contributed by atoms with E-state index in [0.29, 0.717) is 21.6 Å². The molecule has 0 aliphatic heterocycles. The molecule has 0 saturated heterocycles. The summed E-state index contributed by atoms with van der Waals surface area (Å²) < 4.78 is 11.6. The Morgan fingerprint density at radius 3 is 2.84 bits per heavy atom. The first kappa shape index (κ1) is 15.9. The largest absolute Gasteiger partial charge is 0.437 e. The molecule has 0 aliphatic rings. The minimum absolute atomic E-state index is 0.0786. The number of aryl methyl sites for hydroxylation is 1. The van der Waals surface area contributed by atoms with Gasteiger partial charge in [0.25, 0.3) is 5.89 Å². The molecule has 0 saturated carbocycles. The third kappa shape index (κ3) is 2.92. The van der Waals surface area contributed by atoms with Gasteiger partial charge in [0.05, 0.1) is 11.4 Å². The van der Waals surface area contributed by atoms with Gasteiger partial charge in [-0.05, 0) is 41.6 Å². The van der Waals surface area contributed by atoms with E-state index in [1.807, 2.05) is 24.4 Å². The van der Waals surface area contributed by atoms with Crippen molar-refractivity contribution >= 4 is 33.9 Å². The van der Waals surface area contributed by atoms with Crippen LogP contribution in [-0.4, -0.2) is 9.78 Å². The number of rotatable bonds is 3. The van der Waals surface area contributed by atoms with Gasteiger partial charge in [0.2, 0.25) is 0 Å². The molecule has 3 heterocycles. The highest BCUT2D eigenvalue weighted by Gasteiger charge is 2.14. The molecule has 0 radical (unpaired) electrons. The second kappa shape index (κ2) is 6.02. The van der Waals surface area contributed by atoms with E-state index in [4.69, 9.17) is 20.4 Å². The first-order valence-electron chi connectivity index (χ1n) is 7.36. The first-order valence-corrected chi connectivity index (χ1v) is 8.62. The number of nitrogens with zero attached hydrogens (tertiary/aromatic N) is 2. The van der Waals surface area contributed by atoms with Gasteiger partial charge in [0.15, 0.2) is 0 Å². The van der Waals surface area contributed by atoms with Crippen molar-refractivity contribution in [3.8, 4) is 10.8 Å². The normalized spacial score (nSPS) is 11.3. The number of hydrogen-bond acceptors (Lipinski definition) is 6. The fourth-order valence-corrected chi connectivity index (χ4v) is 3.35. The lowest BCUT2D eigenvalue weighted by Crippen LogP contribution is -2.17. The zero-order chi connectivity index (χ0) is 17.6. The van der Waals surface area contributed by atoms with Crippen LogP contribution in [0.5, 0.6) is 0 Å². The van der Waals surface area contributed by atoms with Crippen molar-refractivity contribution in [2.45, 2.75) is 13.5 Å². The van der Waals surface area contributed by atoms with E-state index in [0.717, 1.165) is 10.4 Å². The van der Waals surface area contributed by atoms with E-state index < -0.39 is 11.4 Å². The molecule has 25 heavy (non-hydrogen) atoms. The van der Waals surface area contributed by atoms with Crippen LogP contribution in [0.2, 0.25) is 5.02 Å². The summed E-state index contributed by atoms with van der Waals surface area (Å²) >= 11 is 7.61.